The quantitative estimate of drug-likeness (QED) is 0.464. The van der Waals surface area contributed by atoms with Gasteiger partial charge in [-0.05, 0) is 43.2 Å². The summed E-state index contributed by atoms with van der Waals surface area (Å²) in [7, 11) is 0. The molecule has 0 atom stereocenters. The lowest BCUT2D eigenvalue weighted by Crippen LogP contribution is -2.07. The summed E-state index contributed by atoms with van der Waals surface area (Å²) >= 11 is 7.84. The second kappa shape index (κ2) is 7.36. The van der Waals surface area contributed by atoms with Crippen LogP contribution in [0.3, 0.4) is 0 Å². The number of carbonyl (C=O) groups is 2. The summed E-state index contributed by atoms with van der Waals surface area (Å²) in [6.07, 6.45) is 2.97. The predicted molar refractivity (Wildman–Crippen MR) is 116 cm³/mol. The first-order valence-electron chi connectivity index (χ1n) is 9.39. The Hall–Kier alpha value is -3.43. The third-order valence-electron chi connectivity index (χ3n) is 4.97. The van der Waals surface area contributed by atoms with Crippen molar-refractivity contribution in [2.75, 3.05) is 5.32 Å². The number of carboxylic acid groups (broad SMARTS) is 1. The molecule has 2 N–H and O–H groups in total. The van der Waals surface area contributed by atoms with Crippen LogP contribution in [-0.2, 0) is 17.6 Å². The highest BCUT2D eigenvalue weighted by molar-refractivity contribution is 7.19. The van der Waals surface area contributed by atoms with Gasteiger partial charge in [0.25, 0.3) is 0 Å². The number of nitrogens with zero attached hydrogens (tertiary/aromatic N) is 3. The van der Waals surface area contributed by atoms with Crippen molar-refractivity contribution in [2.24, 2.45) is 0 Å². The summed E-state index contributed by atoms with van der Waals surface area (Å²) in [5.74, 6) is -0.622. The number of halogens is 1. The van der Waals surface area contributed by atoms with Crippen molar-refractivity contribution < 1.29 is 19.1 Å². The highest BCUT2D eigenvalue weighted by Crippen LogP contribution is 2.44. The van der Waals surface area contributed by atoms with Gasteiger partial charge in [-0.25, -0.2) is 14.5 Å². The zero-order chi connectivity index (χ0) is 21.7. The molecule has 31 heavy (non-hydrogen) atoms. The van der Waals surface area contributed by atoms with Crippen molar-refractivity contribution in [2.45, 2.75) is 19.8 Å². The summed E-state index contributed by atoms with van der Waals surface area (Å²) < 4.78 is 7.31. The van der Waals surface area contributed by atoms with Crippen LogP contribution < -0.4 is 5.32 Å². The third kappa shape index (κ3) is 3.31. The Bertz CT molecular complexity index is 1340. The summed E-state index contributed by atoms with van der Waals surface area (Å²) in [5, 5.41) is 17.6. The molecule has 0 radical (unpaired) electrons. The van der Waals surface area contributed by atoms with E-state index in [1.165, 1.54) is 30.4 Å². The monoisotopic (exact) mass is 454 g/mol. The van der Waals surface area contributed by atoms with E-state index in [0.717, 1.165) is 21.8 Å². The van der Waals surface area contributed by atoms with Crippen molar-refractivity contribution in [3.05, 3.63) is 58.4 Å². The van der Waals surface area contributed by atoms with Gasteiger partial charge in [-0.2, -0.15) is 5.10 Å². The number of rotatable bonds is 4. The standard InChI is InChI=1S/C21H15ClN4O4S/c1-10(27)23-21-24-14-6-5-12-17(16-3-2-8-30-16)25-26(18(12)19(14)31-21)15-7-4-11(20(28)29)9-13(15)22/h2-4,7-9H,5-6H2,1H3,(H,28,29)(H,23,24,27). The average Bonchev–Trinajstić information content (AvgIpc) is 3.44. The van der Waals surface area contributed by atoms with E-state index in [-0.39, 0.29) is 16.5 Å². The number of aromatic carboxylic acids is 1. The molecular formula is C21H15ClN4O4S. The first-order chi connectivity index (χ1) is 14.9. The van der Waals surface area contributed by atoms with Crippen LogP contribution >= 0.6 is 22.9 Å². The van der Waals surface area contributed by atoms with Crippen LogP contribution in [0, 0.1) is 0 Å². The van der Waals surface area contributed by atoms with E-state index in [1.54, 1.807) is 23.1 Å². The average molecular weight is 455 g/mol. The van der Waals surface area contributed by atoms with E-state index in [2.05, 4.69) is 10.3 Å². The van der Waals surface area contributed by atoms with Crippen molar-refractivity contribution in [3.8, 4) is 27.7 Å². The number of furan rings is 1. The van der Waals surface area contributed by atoms with Gasteiger partial charge < -0.3 is 14.8 Å². The van der Waals surface area contributed by atoms with Crippen LogP contribution in [0.5, 0.6) is 0 Å². The number of anilines is 1. The van der Waals surface area contributed by atoms with Crippen molar-refractivity contribution >= 4 is 39.9 Å². The van der Waals surface area contributed by atoms with Gasteiger partial charge in [0.2, 0.25) is 5.91 Å². The number of hydrogen-bond donors (Lipinski definition) is 2. The number of thiazole rings is 1. The topological polar surface area (TPSA) is 110 Å². The lowest BCUT2D eigenvalue weighted by molar-refractivity contribution is -0.114. The molecule has 3 aromatic heterocycles. The number of aromatic nitrogens is 3. The van der Waals surface area contributed by atoms with E-state index in [0.29, 0.717) is 35.1 Å². The normalized spacial score (nSPS) is 12.3. The maximum absolute atomic E-state index is 11.5. The zero-order valence-corrected chi connectivity index (χ0v) is 17.8. The zero-order valence-electron chi connectivity index (χ0n) is 16.2. The lowest BCUT2D eigenvalue weighted by atomic mass is 9.97. The Labute approximate surface area is 185 Å². The fraction of sp³-hybridized carbons (Fsp3) is 0.143. The highest BCUT2D eigenvalue weighted by Gasteiger charge is 2.31. The number of carboxylic acids is 1. The Morgan fingerprint density at radius 1 is 1.29 bits per heavy atom. The molecule has 3 heterocycles. The summed E-state index contributed by atoms with van der Waals surface area (Å²) in [4.78, 5) is 28.3. The molecule has 8 nitrogen and oxygen atoms in total. The van der Waals surface area contributed by atoms with Gasteiger partial charge in [-0.1, -0.05) is 22.9 Å². The molecule has 0 fully saturated rings. The van der Waals surface area contributed by atoms with Gasteiger partial charge >= 0.3 is 5.97 Å². The number of amides is 1. The van der Waals surface area contributed by atoms with Gasteiger partial charge in [0.15, 0.2) is 10.9 Å². The predicted octanol–water partition coefficient (Wildman–Crippen LogP) is 4.66. The Balaban J connectivity index is 1.74. The smallest absolute Gasteiger partial charge is 0.335 e. The van der Waals surface area contributed by atoms with Crippen molar-refractivity contribution in [1.29, 1.82) is 0 Å². The first-order valence-corrected chi connectivity index (χ1v) is 10.6. The Kier molecular flexibility index (Phi) is 4.64. The number of benzene rings is 1. The number of carbonyl (C=O) groups excluding carboxylic acids is 1. The number of fused-ring (bicyclic) bond motifs is 3. The molecule has 0 spiro atoms. The maximum atomic E-state index is 11.5. The van der Waals surface area contributed by atoms with Crippen molar-refractivity contribution in [3.63, 3.8) is 0 Å². The lowest BCUT2D eigenvalue weighted by Gasteiger charge is -2.14. The van der Waals surface area contributed by atoms with E-state index in [4.69, 9.17) is 21.1 Å². The van der Waals surface area contributed by atoms with Crippen LogP contribution in [0.1, 0.15) is 28.5 Å². The van der Waals surface area contributed by atoms with Crippen LogP contribution in [0.4, 0.5) is 5.13 Å². The largest absolute Gasteiger partial charge is 0.478 e. The minimum atomic E-state index is -1.06. The molecule has 1 amide bonds. The molecule has 0 bridgehead atoms. The molecule has 0 saturated heterocycles. The van der Waals surface area contributed by atoms with Gasteiger partial charge in [0.05, 0.1) is 38.8 Å². The highest BCUT2D eigenvalue weighted by atomic mass is 35.5. The number of hydrogen-bond acceptors (Lipinski definition) is 6. The van der Waals surface area contributed by atoms with E-state index < -0.39 is 5.97 Å². The fourth-order valence-electron chi connectivity index (χ4n) is 3.67. The summed E-state index contributed by atoms with van der Waals surface area (Å²) in [6, 6.07) is 8.16. The molecule has 5 rings (SSSR count). The molecule has 1 aliphatic carbocycles. The van der Waals surface area contributed by atoms with Crippen LogP contribution in [0.2, 0.25) is 5.02 Å². The van der Waals surface area contributed by atoms with Gasteiger partial charge in [-0.15, -0.1) is 0 Å². The Morgan fingerprint density at radius 2 is 2.13 bits per heavy atom. The van der Waals surface area contributed by atoms with Crippen molar-refractivity contribution in [1.82, 2.24) is 14.8 Å². The number of nitrogens with one attached hydrogen (secondary N) is 1. The van der Waals surface area contributed by atoms with Gasteiger partial charge in [-0.3, -0.25) is 4.79 Å². The molecule has 0 unspecified atom stereocenters. The van der Waals surface area contributed by atoms with Crippen LogP contribution in [0.25, 0.3) is 27.7 Å². The molecule has 1 aromatic carbocycles. The van der Waals surface area contributed by atoms with Gasteiger partial charge in [0, 0.05) is 12.5 Å². The second-order valence-corrected chi connectivity index (χ2v) is 8.42. The molecule has 0 saturated carbocycles. The Morgan fingerprint density at radius 3 is 2.81 bits per heavy atom. The van der Waals surface area contributed by atoms with Crippen LogP contribution in [0.15, 0.2) is 41.0 Å². The minimum Gasteiger partial charge on any atom is -0.478 e. The van der Waals surface area contributed by atoms with Gasteiger partial charge in [0.1, 0.15) is 5.69 Å². The summed E-state index contributed by atoms with van der Waals surface area (Å²) in [5.41, 5.74) is 3.99. The number of aryl methyl sites for hydroxylation is 1. The molecule has 0 aliphatic heterocycles. The second-order valence-electron chi connectivity index (χ2n) is 7.01. The molecule has 4 aromatic rings. The van der Waals surface area contributed by atoms with E-state index in [9.17, 15) is 14.7 Å². The fourth-order valence-corrected chi connectivity index (χ4v) is 5.05. The molecule has 156 valence electrons. The molecular weight excluding hydrogens is 440 g/mol. The third-order valence-corrected chi connectivity index (χ3v) is 6.29. The minimum absolute atomic E-state index is 0.0902. The maximum Gasteiger partial charge on any atom is 0.335 e. The van der Waals surface area contributed by atoms with Crippen LogP contribution in [-0.4, -0.2) is 31.7 Å². The van der Waals surface area contributed by atoms with E-state index in [1.807, 2.05) is 6.07 Å². The molecule has 10 heteroatoms. The van der Waals surface area contributed by atoms with E-state index >= 15 is 0 Å². The SMILES string of the molecule is CC(=O)Nc1nc2c(s1)-c1c(c(-c3ccco3)nn1-c1ccc(C(=O)O)cc1Cl)CC2. The molecule has 1 aliphatic rings. The first kappa shape index (κ1) is 19.5. The summed E-state index contributed by atoms with van der Waals surface area (Å²) in [6.45, 7) is 1.44.